The lowest BCUT2D eigenvalue weighted by atomic mass is 10.1. The average molecular weight is 323 g/mol. The molecule has 1 aromatic heterocycles. The number of pyridine rings is 1. The van der Waals surface area contributed by atoms with Crippen molar-refractivity contribution in [1.29, 1.82) is 0 Å². The summed E-state index contributed by atoms with van der Waals surface area (Å²) in [4.78, 5) is 16.5. The highest BCUT2D eigenvalue weighted by Crippen LogP contribution is 2.16. The quantitative estimate of drug-likeness (QED) is 0.860. The normalized spacial score (nSPS) is 12.3. The molecule has 0 radical (unpaired) electrons. The van der Waals surface area contributed by atoms with E-state index in [1.54, 1.807) is 19.4 Å². The molecule has 0 aliphatic carbocycles. The minimum absolute atomic E-state index is 0.0515. The van der Waals surface area contributed by atoms with Crippen molar-refractivity contribution in [1.82, 2.24) is 10.3 Å². The summed E-state index contributed by atoms with van der Waals surface area (Å²) in [7, 11) is 1.61. The van der Waals surface area contributed by atoms with Gasteiger partial charge < -0.3 is 10.1 Å². The number of hydrogen-bond donors (Lipinski definition) is 1. The third-order valence-corrected chi connectivity index (χ3v) is 3.56. The first-order chi connectivity index (χ1) is 9.26. The summed E-state index contributed by atoms with van der Waals surface area (Å²) in [6.07, 6.45) is 1.72. The number of hydrogen-bond acceptors (Lipinski definition) is 3. The van der Waals surface area contributed by atoms with Crippen molar-refractivity contribution in [3.8, 4) is 0 Å². The van der Waals surface area contributed by atoms with Crippen LogP contribution in [0.15, 0.2) is 36.5 Å². The van der Waals surface area contributed by atoms with Crippen LogP contribution >= 0.6 is 15.9 Å². The first-order valence-corrected chi connectivity index (χ1v) is 7.08. The van der Waals surface area contributed by atoms with E-state index in [2.05, 4.69) is 26.2 Å². The van der Waals surface area contributed by atoms with Crippen molar-refractivity contribution >= 4 is 32.7 Å². The van der Waals surface area contributed by atoms with Crippen LogP contribution in [-0.4, -0.2) is 36.0 Å². The second kappa shape index (κ2) is 6.63. The third kappa shape index (κ3) is 3.30. The highest BCUT2D eigenvalue weighted by molar-refractivity contribution is 9.09. The summed E-state index contributed by atoms with van der Waals surface area (Å²) < 4.78 is 5.06. The van der Waals surface area contributed by atoms with Gasteiger partial charge in [0.15, 0.2) is 0 Å². The Morgan fingerprint density at radius 2 is 2.26 bits per heavy atom. The van der Waals surface area contributed by atoms with Crippen molar-refractivity contribution < 1.29 is 9.53 Å². The zero-order chi connectivity index (χ0) is 13.7. The van der Waals surface area contributed by atoms with E-state index in [4.69, 9.17) is 4.74 Å². The Balaban J connectivity index is 2.26. The molecule has 2 rings (SSSR count). The fourth-order valence-electron chi connectivity index (χ4n) is 1.89. The topological polar surface area (TPSA) is 51.2 Å². The Kier molecular flexibility index (Phi) is 4.87. The minimum Gasteiger partial charge on any atom is -0.383 e. The van der Waals surface area contributed by atoms with E-state index in [0.29, 0.717) is 17.5 Å². The second-order valence-corrected chi connectivity index (χ2v) is 4.80. The van der Waals surface area contributed by atoms with Crippen LogP contribution < -0.4 is 5.32 Å². The summed E-state index contributed by atoms with van der Waals surface area (Å²) >= 11 is 3.36. The van der Waals surface area contributed by atoms with Crippen molar-refractivity contribution in [3.63, 3.8) is 0 Å². The molecule has 1 atom stereocenters. The number of halogens is 1. The number of aromatic nitrogens is 1. The predicted octanol–water partition coefficient (Wildman–Crippen LogP) is 2.37. The van der Waals surface area contributed by atoms with Gasteiger partial charge in [-0.2, -0.15) is 0 Å². The Hall–Kier alpha value is -1.46. The van der Waals surface area contributed by atoms with Gasteiger partial charge in [0.1, 0.15) is 0 Å². The van der Waals surface area contributed by atoms with Crippen molar-refractivity contribution in [2.45, 2.75) is 6.04 Å². The van der Waals surface area contributed by atoms with Gasteiger partial charge in [-0.15, -0.1) is 0 Å². The number of methoxy groups -OCH3 is 1. The number of fused-ring (bicyclic) bond motifs is 1. The van der Waals surface area contributed by atoms with Crippen LogP contribution in [0.4, 0.5) is 0 Å². The maximum absolute atomic E-state index is 12.3. The molecular formula is C14H15BrN2O2. The van der Waals surface area contributed by atoms with Crippen LogP contribution in [0.25, 0.3) is 10.9 Å². The van der Waals surface area contributed by atoms with E-state index >= 15 is 0 Å². The standard InChI is InChI=1S/C14H15BrN2O2/c1-19-9-10(8-15)17-14(18)12-4-2-6-13-11(12)5-3-7-16-13/h2-7,10H,8-9H2,1H3,(H,17,18). The van der Waals surface area contributed by atoms with Gasteiger partial charge in [-0.1, -0.05) is 28.1 Å². The van der Waals surface area contributed by atoms with Crippen molar-refractivity contribution in [2.24, 2.45) is 0 Å². The fraction of sp³-hybridized carbons (Fsp3) is 0.286. The number of rotatable bonds is 5. The number of ether oxygens (including phenoxy) is 1. The SMILES string of the molecule is COCC(CBr)NC(=O)c1cccc2ncccc12. The molecule has 5 heteroatoms. The molecule has 0 saturated carbocycles. The van der Waals surface area contributed by atoms with Crippen LogP contribution in [0.1, 0.15) is 10.4 Å². The van der Waals surface area contributed by atoms with E-state index in [-0.39, 0.29) is 11.9 Å². The van der Waals surface area contributed by atoms with Gasteiger partial charge in [-0.05, 0) is 18.2 Å². The summed E-state index contributed by atoms with van der Waals surface area (Å²) in [5.74, 6) is -0.111. The van der Waals surface area contributed by atoms with Gasteiger partial charge in [-0.25, -0.2) is 0 Å². The zero-order valence-corrected chi connectivity index (χ0v) is 12.2. The number of benzene rings is 1. The number of carbonyl (C=O) groups excluding carboxylic acids is 1. The highest BCUT2D eigenvalue weighted by Gasteiger charge is 2.14. The maximum Gasteiger partial charge on any atom is 0.252 e. The molecule has 100 valence electrons. The number of nitrogens with zero attached hydrogens (tertiary/aromatic N) is 1. The molecule has 1 heterocycles. The van der Waals surface area contributed by atoms with Crippen LogP contribution in [0.2, 0.25) is 0 Å². The van der Waals surface area contributed by atoms with Gasteiger partial charge in [0, 0.05) is 29.6 Å². The van der Waals surface area contributed by atoms with Gasteiger partial charge in [-0.3, -0.25) is 9.78 Å². The summed E-state index contributed by atoms with van der Waals surface area (Å²) in [5.41, 5.74) is 1.45. The van der Waals surface area contributed by atoms with E-state index in [1.807, 2.05) is 24.3 Å². The molecular weight excluding hydrogens is 308 g/mol. The monoisotopic (exact) mass is 322 g/mol. The molecule has 2 aromatic rings. The Morgan fingerprint density at radius 1 is 1.42 bits per heavy atom. The first kappa shape index (κ1) is 14.0. The molecule has 0 bridgehead atoms. The van der Waals surface area contributed by atoms with E-state index in [0.717, 1.165) is 10.9 Å². The second-order valence-electron chi connectivity index (χ2n) is 4.16. The van der Waals surface area contributed by atoms with Gasteiger partial charge >= 0.3 is 0 Å². The maximum atomic E-state index is 12.3. The Morgan fingerprint density at radius 3 is 3.00 bits per heavy atom. The first-order valence-electron chi connectivity index (χ1n) is 5.95. The molecule has 19 heavy (non-hydrogen) atoms. The lowest BCUT2D eigenvalue weighted by Gasteiger charge is -2.15. The number of amides is 1. The smallest absolute Gasteiger partial charge is 0.252 e. The van der Waals surface area contributed by atoms with Crippen LogP contribution in [0.5, 0.6) is 0 Å². The fourth-order valence-corrected chi connectivity index (χ4v) is 2.24. The predicted molar refractivity (Wildman–Crippen MR) is 78.7 cm³/mol. The molecule has 0 spiro atoms. The average Bonchev–Trinajstić information content (AvgIpc) is 2.46. The molecule has 0 aliphatic heterocycles. The highest BCUT2D eigenvalue weighted by atomic mass is 79.9. The van der Waals surface area contributed by atoms with Gasteiger partial charge in [0.05, 0.1) is 18.2 Å². The summed E-state index contributed by atoms with van der Waals surface area (Å²) in [5, 5.41) is 4.44. The minimum atomic E-state index is -0.111. The lowest BCUT2D eigenvalue weighted by molar-refractivity contribution is 0.0909. The Labute approximate surface area is 120 Å². The van der Waals surface area contributed by atoms with E-state index in [9.17, 15) is 4.79 Å². The molecule has 0 saturated heterocycles. The molecule has 0 fully saturated rings. The molecule has 0 aliphatic rings. The number of carbonyl (C=O) groups is 1. The van der Waals surface area contributed by atoms with E-state index < -0.39 is 0 Å². The molecule has 4 nitrogen and oxygen atoms in total. The van der Waals surface area contributed by atoms with Gasteiger partial charge in [0.2, 0.25) is 0 Å². The Bertz CT molecular complexity index is 569. The van der Waals surface area contributed by atoms with E-state index in [1.165, 1.54) is 0 Å². The van der Waals surface area contributed by atoms with Crippen LogP contribution in [-0.2, 0) is 4.74 Å². The largest absolute Gasteiger partial charge is 0.383 e. The van der Waals surface area contributed by atoms with Gasteiger partial charge in [0.25, 0.3) is 5.91 Å². The van der Waals surface area contributed by atoms with Crippen molar-refractivity contribution in [3.05, 3.63) is 42.1 Å². The summed E-state index contributed by atoms with van der Waals surface area (Å²) in [6.45, 7) is 0.472. The molecule has 1 aromatic carbocycles. The summed E-state index contributed by atoms with van der Waals surface area (Å²) in [6, 6.07) is 9.21. The molecule has 1 amide bonds. The lowest BCUT2D eigenvalue weighted by Crippen LogP contribution is -2.39. The zero-order valence-electron chi connectivity index (χ0n) is 10.6. The molecule has 1 N–H and O–H groups in total. The molecule has 1 unspecified atom stereocenters. The number of nitrogens with one attached hydrogen (secondary N) is 1. The van der Waals surface area contributed by atoms with Crippen LogP contribution in [0, 0.1) is 0 Å². The van der Waals surface area contributed by atoms with Crippen molar-refractivity contribution in [2.75, 3.05) is 19.0 Å². The number of alkyl halides is 1. The van der Waals surface area contributed by atoms with Crippen LogP contribution in [0.3, 0.4) is 0 Å². The third-order valence-electron chi connectivity index (χ3n) is 2.78.